The van der Waals surface area contributed by atoms with Crippen molar-refractivity contribution < 1.29 is 28.6 Å². The highest BCUT2D eigenvalue weighted by molar-refractivity contribution is 6.30. The van der Waals surface area contributed by atoms with Crippen molar-refractivity contribution in [3.05, 3.63) is 58.6 Å². The van der Waals surface area contributed by atoms with Gasteiger partial charge in [0.2, 0.25) is 0 Å². The van der Waals surface area contributed by atoms with E-state index < -0.39 is 23.9 Å². The number of rotatable bonds is 7. The lowest BCUT2D eigenvalue weighted by molar-refractivity contribution is -0.122. The lowest BCUT2D eigenvalue weighted by Gasteiger charge is -2.18. The van der Waals surface area contributed by atoms with Gasteiger partial charge >= 0.3 is 11.9 Å². The van der Waals surface area contributed by atoms with Crippen molar-refractivity contribution in [1.29, 1.82) is 0 Å². The Kier molecular flexibility index (Phi) is 7.40. The fourth-order valence-electron chi connectivity index (χ4n) is 2.42. The monoisotopic (exact) mass is 405 g/mol. The molecule has 0 heterocycles. The van der Waals surface area contributed by atoms with Crippen LogP contribution in [0.1, 0.15) is 34.1 Å². The maximum absolute atomic E-state index is 12.7. The van der Waals surface area contributed by atoms with Gasteiger partial charge in [0, 0.05) is 5.02 Å². The summed E-state index contributed by atoms with van der Waals surface area (Å²) in [6, 6.07) is 10.8. The van der Waals surface area contributed by atoms with E-state index in [1.165, 1.54) is 32.4 Å². The van der Waals surface area contributed by atoms with Crippen molar-refractivity contribution in [2.75, 3.05) is 19.5 Å². The van der Waals surface area contributed by atoms with Crippen LogP contribution in [0.15, 0.2) is 42.5 Å². The molecule has 2 aromatic rings. The minimum absolute atomic E-state index is 0.0983. The average Bonchev–Trinajstić information content (AvgIpc) is 2.70. The molecule has 0 radical (unpaired) electrons. The maximum Gasteiger partial charge on any atom is 0.339 e. The number of hydrogen-bond donors (Lipinski definition) is 1. The van der Waals surface area contributed by atoms with Crippen LogP contribution in [0.4, 0.5) is 5.69 Å². The predicted molar refractivity (Wildman–Crippen MR) is 104 cm³/mol. The van der Waals surface area contributed by atoms with Gasteiger partial charge in [-0.15, -0.1) is 0 Å². The predicted octanol–water partition coefficient (Wildman–Crippen LogP) is 3.71. The number of carbonyl (C=O) groups excluding carboxylic acids is 3. The zero-order chi connectivity index (χ0) is 20.7. The first-order chi connectivity index (χ1) is 13.4. The number of amides is 1. The quantitative estimate of drug-likeness (QED) is 0.706. The van der Waals surface area contributed by atoms with E-state index in [4.69, 9.17) is 21.1 Å². The first kappa shape index (κ1) is 21.2. The van der Waals surface area contributed by atoms with Crippen LogP contribution in [0.2, 0.25) is 5.02 Å². The standard InChI is InChI=1S/C20H20ClNO6/c1-4-17(28-14-7-5-6-13(21)11-14)18(23)22-16-10-12(19(24)26-2)8-9-15(16)20(25)27-3/h5-11,17H,4H2,1-3H3,(H,22,23)/t17-/m0/s1. The number of anilines is 1. The molecule has 0 fully saturated rings. The Morgan fingerprint density at radius 2 is 1.75 bits per heavy atom. The number of halogens is 1. The molecule has 0 bridgehead atoms. The van der Waals surface area contributed by atoms with Gasteiger partial charge in [-0.25, -0.2) is 9.59 Å². The molecule has 1 N–H and O–H groups in total. The number of ether oxygens (including phenoxy) is 3. The van der Waals surface area contributed by atoms with Crippen molar-refractivity contribution in [2.24, 2.45) is 0 Å². The molecule has 0 aliphatic heterocycles. The smallest absolute Gasteiger partial charge is 0.339 e. The molecular formula is C20H20ClNO6. The molecule has 148 valence electrons. The molecule has 2 rings (SSSR count). The van der Waals surface area contributed by atoms with Crippen LogP contribution in [0.5, 0.6) is 5.75 Å². The van der Waals surface area contributed by atoms with Gasteiger partial charge in [-0.1, -0.05) is 24.6 Å². The molecule has 2 aromatic carbocycles. The number of methoxy groups -OCH3 is 2. The summed E-state index contributed by atoms with van der Waals surface area (Å²) in [5.41, 5.74) is 0.392. The first-order valence-corrected chi connectivity index (χ1v) is 8.81. The number of hydrogen-bond acceptors (Lipinski definition) is 6. The molecule has 0 saturated carbocycles. The third kappa shape index (κ3) is 5.23. The maximum atomic E-state index is 12.7. The van der Waals surface area contributed by atoms with Crippen molar-refractivity contribution in [2.45, 2.75) is 19.4 Å². The lowest BCUT2D eigenvalue weighted by Crippen LogP contribution is -2.33. The minimum atomic E-state index is -0.842. The summed E-state index contributed by atoms with van der Waals surface area (Å²) in [5.74, 6) is -1.31. The molecule has 0 unspecified atom stereocenters. The largest absolute Gasteiger partial charge is 0.481 e. The molecule has 0 spiro atoms. The van der Waals surface area contributed by atoms with Crippen LogP contribution in [0, 0.1) is 0 Å². The fraction of sp³-hybridized carbons (Fsp3) is 0.250. The Balaban J connectivity index is 2.28. The number of esters is 2. The molecule has 28 heavy (non-hydrogen) atoms. The van der Waals surface area contributed by atoms with Crippen molar-refractivity contribution in [3.63, 3.8) is 0 Å². The highest BCUT2D eigenvalue weighted by atomic mass is 35.5. The van der Waals surface area contributed by atoms with Crippen molar-refractivity contribution >= 4 is 35.1 Å². The number of carbonyl (C=O) groups is 3. The molecule has 1 atom stereocenters. The van der Waals surface area contributed by atoms with Crippen LogP contribution >= 0.6 is 11.6 Å². The lowest BCUT2D eigenvalue weighted by atomic mass is 10.1. The van der Waals surface area contributed by atoms with Gasteiger partial charge in [-0.2, -0.15) is 0 Å². The van der Waals surface area contributed by atoms with Gasteiger partial charge in [-0.3, -0.25) is 4.79 Å². The number of benzene rings is 2. The summed E-state index contributed by atoms with van der Waals surface area (Å²) < 4.78 is 15.1. The van der Waals surface area contributed by atoms with Crippen LogP contribution in [-0.2, 0) is 14.3 Å². The molecule has 8 heteroatoms. The summed E-state index contributed by atoms with van der Waals surface area (Å²) in [6.45, 7) is 1.78. The normalized spacial score (nSPS) is 11.3. The van der Waals surface area contributed by atoms with E-state index >= 15 is 0 Å². The van der Waals surface area contributed by atoms with Crippen molar-refractivity contribution in [3.8, 4) is 5.75 Å². The van der Waals surface area contributed by atoms with E-state index in [0.717, 1.165) is 0 Å². The van der Waals surface area contributed by atoms with E-state index in [2.05, 4.69) is 10.1 Å². The van der Waals surface area contributed by atoms with Gasteiger partial charge in [0.05, 0.1) is 31.0 Å². The molecule has 1 amide bonds. The van der Waals surface area contributed by atoms with E-state index in [9.17, 15) is 14.4 Å². The summed E-state index contributed by atoms with van der Waals surface area (Å²) in [6.07, 6.45) is -0.478. The van der Waals surface area contributed by atoms with Gasteiger partial charge in [0.15, 0.2) is 6.10 Å². The Labute approximate surface area is 167 Å². The van der Waals surface area contributed by atoms with E-state index in [-0.39, 0.29) is 16.8 Å². The SMILES string of the molecule is CC[C@H](Oc1cccc(Cl)c1)C(=O)Nc1cc(C(=O)OC)ccc1C(=O)OC. The highest BCUT2D eigenvalue weighted by Gasteiger charge is 2.22. The Bertz CT molecular complexity index is 883. The van der Waals surface area contributed by atoms with Gasteiger partial charge < -0.3 is 19.5 Å². The van der Waals surface area contributed by atoms with E-state index in [1.807, 2.05) is 0 Å². The Morgan fingerprint density at radius 1 is 1.04 bits per heavy atom. The fourth-order valence-corrected chi connectivity index (χ4v) is 2.60. The Hall–Kier alpha value is -3.06. The second-order valence-electron chi connectivity index (χ2n) is 5.70. The van der Waals surface area contributed by atoms with Gasteiger partial charge in [-0.05, 0) is 42.8 Å². The first-order valence-electron chi connectivity index (χ1n) is 8.43. The van der Waals surface area contributed by atoms with E-state index in [0.29, 0.717) is 17.2 Å². The third-order valence-electron chi connectivity index (χ3n) is 3.84. The minimum Gasteiger partial charge on any atom is -0.481 e. The molecular weight excluding hydrogens is 386 g/mol. The second kappa shape index (κ2) is 9.75. The van der Waals surface area contributed by atoms with E-state index in [1.54, 1.807) is 31.2 Å². The van der Waals surface area contributed by atoms with Crippen LogP contribution in [0.3, 0.4) is 0 Å². The average molecular weight is 406 g/mol. The van der Waals surface area contributed by atoms with Crippen LogP contribution < -0.4 is 10.1 Å². The topological polar surface area (TPSA) is 90.9 Å². The highest BCUT2D eigenvalue weighted by Crippen LogP contribution is 2.22. The molecule has 0 aromatic heterocycles. The summed E-state index contributed by atoms with van der Waals surface area (Å²) in [5, 5.41) is 3.10. The second-order valence-corrected chi connectivity index (χ2v) is 6.14. The summed E-state index contributed by atoms with van der Waals surface area (Å²) in [4.78, 5) is 36.5. The molecule has 0 saturated heterocycles. The van der Waals surface area contributed by atoms with Crippen LogP contribution in [-0.4, -0.2) is 38.2 Å². The summed E-state index contributed by atoms with van der Waals surface area (Å²) >= 11 is 5.94. The third-order valence-corrected chi connectivity index (χ3v) is 4.08. The Morgan fingerprint density at radius 3 is 2.36 bits per heavy atom. The zero-order valence-electron chi connectivity index (χ0n) is 15.7. The van der Waals surface area contributed by atoms with Gasteiger partial charge in [0.1, 0.15) is 5.75 Å². The molecule has 0 aliphatic carbocycles. The zero-order valence-corrected chi connectivity index (χ0v) is 16.4. The number of nitrogens with one attached hydrogen (secondary N) is 1. The summed E-state index contributed by atoms with van der Waals surface area (Å²) in [7, 11) is 2.46. The van der Waals surface area contributed by atoms with Crippen LogP contribution in [0.25, 0.3) is 0 Å². The molecule has 7 nitrogen and oxygen atoms in total. The molecule has 0 aliphatic rings. The van der Waals surface area contributed by atoms with Crippen molar-refractivity contribution in [1.82, 2.24) is 0 Å². The van der Waals surface area contributed by atoms with Gasteiger partial charge in [0.25, 0.3) is 5.91 Å².